The maximum Gasteiger partial charge on any atom is 0.267 e. The van der Waals surface area contributed by atoms with E-state index in [0.717, 1.165) is 39.7 Å². The minimum atomic E-state index is -0.197. The number of hydrogen-bond donors (Lipinski definition) is 0. The van der Waals surface area contributed by atoms with Gasteiger partial charge >= 0.3 is 0 Å². The van der Waals surface area contributed by atoms with Crippen LogP contribution in [0.25, 0.3) is 5.57 Å². The lowest BCUT2D eigenvalue weighted by Crippen LogP contribution is -2.29. The summed E-state index contributed by atoms with van der Waals surface area (Å²) >= 11 is 10.2. The van der Waals surface area contributed by atoms with E-state index in [9.17, 15) is 9.59 Å². The zero-order valence-corrected chi connectivity index (χ0v) is 20.0. The molecular formula is C23H21BrN2O2S2. The van der Waals surface area contributed by atoms with Crippen molar-refractivity contribution in [2.75, 3.05) is 11.4 Å². The van der Waals surface area contributed by atoms with Crippen molar-refractivity contribution in [3.05, 3.63) is 68.5 Å². The second-order valence-electron chi connectivity index (χ2n) is 7.42. The van der Waals surface area contributed by atoms with Gasteiger partial charge in [0.15, 0.2) is 0 Å². The molecule has 0 saturated carbocycles. The van der Waals surface area contributed by atoms with E-state index < -0.39 is 0 Å². The van der Waals surface area contributed by atoms with Gasteiger partial charge in [-0.3, -0.25) is 14.5 Å². The summed E-state index contributed by atoms with van der Waals surface area (Å²) in [7, 11) is 0. The SMILES string of the molecule is CCCCN1C(=O)C(=C2SC(=S)N(Cc3ccc(C)cc3)C2=O)c2cc(Br)ccc21. The molecule has 2 aliphatic heterocycles. The number of aryl methyl sites for hydroxylation is 1. The monoisotopic (exact) mass is 500 g/mol. The lowest BCUT2D eigenvalue weighted by molar-refractivity contribution is -0.122. The third-order valence-electron chi connectivity index (χ3n) is 5.25. The molecule has 154 valence electrons. The number of anilines is 1. The van der Waals surface area contributed by atoms with Gasteiger partial charge in [0.2, 0.25) is 0 Å². The summed E-state index contributed by atoms with van der Waals surface area (Å²) < 4.78 is 1.36. The van der Waals surface area contributed by atoms with E-state index in [1.165, 1.54) is 11.8 Å². The normalized spacial score (nSPS) is 18.6. The molecule has 30 heavy (non-hydrogen) atoms. The summed E-state index contributed by atoms with van der Waals surface area (Å²) in [6.45, 7) is 5.16. The molecule has 0 unspecified atom stereocenters. The highest BCUT2D eigenvalue weighted by molar-refractivity contribution is 9.10. The molecule has 2 heterocycles. The predicted molar refractivity (Wildman–Crippen MR) is 130 cm³/mol. The van der Waals surface area contributed by atoms with Gasteiger partial charge in [0.05, 0.1) is 22.7 Å². The van der Waals surface area contributed by atoms with Crippen molar-refractivity contribution in [2.45, 2.75) is 33.2 Å². The average molecular weight is 501 g/mol. The fraction of sp³-hybridized carbons (Fsp3) is 0.261. The van der Waals surface area contributed by atoms with E-state index in [1.807, 2.05) is 49.4 Å². The summed E-state index contributed by atoms with van der Waals surface area (Å²) in [5, 5.41) is 0. The number of thioether (sulfide) groups is 1. The van der Waals surface area contributed by atoms with Crippen LogP contribution in [0.5, 0.6) is 0 Å². The van der Waals surface area contributed by atoms with E-state index in [4.69, 9.17) is 12.2 Å². The van der Waals surface area contributed by atoms with Gasteiger partial charge in [-0.1, -0.05) is 83.1 Å². The number of hydrogen-bond acceptors (Lipinski definition) is 4. The van der Waals surface area contributed by atoms with E-state index in [-0.39, 0.29) is 11.8 Å². The van der Waals surface area contributed by atoms with Crippen LogP contribution < -0.4 is 4.90 Å². The van der Waals surface area contributed by atoms with Crippen LogP contribution >= 0.6 is 39.9 Å². The summed E-state index contributed by atoms with van der Waals surface area (Å²) in [4.78, 5) is 30.5. The number of carbonyl (C=O) groups excluding carboxylic acids is 2. The van der Waals surface area contributed by atoms with Gasteiger partial charge in [0.25, 0.3) is 11.8 Å². The van der Waals surface area contributed by atoms with Gasteiger partial charge in [0, 0.05) is 16.6 Å². The molecule has 4 rings (SSSR count). The number of carbonyl (C=O) groups is 2. The minimum absolute atomic E-state index is 0.118. The molecular weight excluding hydrogens is 480 g/mol. The molecule has 0 aliphatic carbocycles. The standard InChI is InChI=1S/C23H21BrN2O2S2/c1-3-4-11-25-18-10-9-16(24)12-17(18)19(21(25)27)20-22(28)26(23(29)30-20)13-15-7-5-14(2)6-8-15/h5-10,12H,3-4,11,13H2,1-2H3. The number of thiocarbonyl (C=S) groups is 1. The molecule has 1 fully saturated rings. The lowest BCUT2D eigenvalue weighted by atomic mass is 10.1. The number of amides is 2. The zero-order chi connectivity index (χ0) is 21.4. The maximum absolute atomic E-state index is 13.3. The maximum atomic E-state index is 13.3. The summed E-state index contributed by atoms with van der Waals surface area (Å²) in [5.74, 6) is -0.315. The third-order valence-corrected chi connectivity index (χ3v) is 7.19. The molecule has 2 aliphatic rings. The number of unbranched alkanes of at least 4 members (excludes halogenated alkanes) is 1. The molecule has 2 aromatic rings. The first-order valence-corrected chi connectivity index (χ1v) is 11.9. The van der Waals surface area contributed by atoms with Crippen LogP contribution in [0.4, 0.5) is 5.69 Å². The van der Waals surface area contributed by atoms with Gasteiger partial charge in [0.1, 0.15) is 4.32 Å². The van der Waals surface area contributed by atoms with E-state index >= 15 is 0 Å². The highest BCUT2D eigenvalue weighted by Crippen LogP contribution is 2.45. The smallest absolute Gasteiger partial charge is 0.267 e. The van der Waals surface area contributed by atoms with Crippen molar-refractivity contribution < 1.29 is 9.59 Å². The molecule has 2 amide bonds. The van der Waals surface area contributed by atoms with E-state index in [2.05, 4.69) is 22.9 Å². The molecule has 2 aromatic carbocycles. The van der Waals surface area contributed by atoms with Crippen molar-refractivity contribution in [1.29, 1.82) is 0 Å². The molecule has 0 N–H and O–H groups in total. The highest BCUT2D eigenvalue weighted by atomic mass is 79.9. The largest absolute Gasteiger partial charge is 0.308 e. The van der Waals surface area contributed by atoms with Crippen molar-refractivity contribution in [3.63, 3.8) is 0 Å². The molecule has 0 spiro atoms. The molecule has 1 saturated heterocycles. The quantitative estimate of drug-likeness (QED) is 0.391. The van der Waals surface area contributed by atoms with Crippen LogP contribution in [-0.2, 0) is 16.1 Å². The van der Waals surface area contributed by atoms with Gasteiger partial charge in [-0.2, -0.15) is 0 Å². The Labute approximate surface area is 194 Å². The van der Waals surface area contributed by atoms with Crippen LogP contribution in [0.1, 0.15) is 36.5 Å². The van der Waals surface area contributed by atoms with Crippen molar-refractivity contribution in [1.82, 2.24) is 4.90 Å². The third kappa shape index (κ3) is 3.86. The zero-order valence-electron chi connectivity index (χ0n) is 16.8. The molecule has 0 radical (unpaired) electrons. The number of benzene rings is 2. The summed E-state index contributed by atoms with van der Waals surface area (Å²) in [5.41, 5.74) is 4.29. The van der Waals surface area contributed by atoms with Gasteiger partial charge < -0.3 is 4.90 Å². The lowest BCUT2D eigenvalue weighted by Gasteiger charge is -2.16. The first-order chi connectivity index (χ1) is 14.4. The number of fused-ring (bicyclic) bond motifs is 1. The van der Waals surface area contributed by atoms with Crippen molar-refractivity contribution in [2.24, 2.45) is 0 Å². The summed E-state index contributed by atoms with van der Waals surface area (Å²) in [6.07, 6.45) is 1.90. The van der Waals surface area contributed by atoms with E-state index in [1.54, 1.807) is 9.80 Å². The predicted octanol–water partition coefficient (Wildman–Crippen LogP) is 5.68. The van der Waals surface area contributed by atoms with Crippen molar-refractivity contribution >= 4 is 67.3 Å². The van der Waals surface area contributed by atoms with Crippen LogP contribution in [0.2, 0.25) is 0 Å². The second kappa shape index (κ2) is 8.65. The Balaban J connectivity index is 1.72. The second-order valence-corrected chi connectivity index (χ2v) is 9.98. The number of halogens is 1. The van der Waals surface area contributed by atoms with Crippen molar-refractivity contribution in [3.8, 4) is 0 Å². The summed E-state index contributed by atoms with van der Waals surface area (Å²) in [6, 6.07) is 13.8. The molecule has 0 atom stereocenters. The fourth-order valence-corrected chi connectivity index (χ4v) is 5.31. The van der Waals surface area contributed by atoms with Gasteiger partial charge in [-0.05, 0) is 37.1 Å². The molecule has 0 aromatic heterocycles. The molecule has 0 bridgehead atoms. The first kappa shape index (κ1) is 21.3. The number of nitrogens with zero attached hydrogens (tertiary/aromatic N) is 2. The minimum Gasteiger partial charge on any atom is -0.308 e. The molecule has 4 nitrogen and oxygen atoms in total. The average Bonchev–Trinajstić information content (AvgIpc) is 3.14. The first-order valence-electron chi connectivity index (χ1n) is 9.86. The Bertz CT molecular complexity index is 1080. The van der Waals surface area contributed by atoms with E-state index in [0.29, 0.717) is 27.9 Å². The van der Waals surface area contributed by atoms with Crippen LogP contribution in [0.3, 0.4) is 0 Å². The van der Waals surface area contributed by atoms with Crippen LogP contribution in [0, 0.1) is 6.92 Å². The van der Waals surface area contributed by atoms with Crippen LogP contribution in [-0.4, -0.2) is 27.6 Å². The Kier molecular flexibility index (Phi) is 6.14. The highest BCUT2D eigenvalue weighted by Gasteiger charge is 2.41. The fourth-order valence-electron chi connectivity index (χ4n) is 3.62. The van der Waals surface area contributed by atoms with Crippen LogP contribution in [0.15, 0.2) is 51.8 Å². The Hall–Kier alpha value is -1.96. The van der Waals surface area contributed by atoms with Gasteiger partial charge in [-0.15, -0.1) is 0 Å². The molecule has 7 heteroatoms. The Morgan fingerprint density at radius 2 is 1.77 bits per heavy atom. The Morgan fingerprint density at radius 1 is 1.03 bits per heavy atom. The number of rotatable bonds is 5. The van der Waals surface area contributed by atoms with Gasteiger partial charge in [-0.25, -0.2) is 0 Å². The topological polar surface area (TPSA) is 40.6 Å². The Morgan fingerprint density at radius 3 is 2.47 bits per heavy atom.